The summed E-state index contributed by atoms with van der Waals surface area (Å²) in [7, 11) is 0. The molecule has 1 atom stereocenters. The number of benzene rings is 1. The molecule has 3 rings (SSSR count). The van der Waals surface area contributed by atoms with Gasteiger partial charge in [-0.15, -0.1) is 0 Å². The van der Waals surface area contributed by atoms with Crippen LogP contribution in [-0.4, -0.2) is 29.7 Å². The van der Waals surface area contributed by atoms with Crippen LogP contribution in [0.15, 0.2) is 34.9 Å². The molecule has 2 aromatic rings. The van der Waals surface area contributed by atoms with Crippen molar-refractivity contribution in [3.05, 3.63) is 40.5 Å². The Morgan fingerprint density at radius 3 is 2.67 bits per heavy atom. The number of anilines is 1. The summed E-state index contributed by atoms with van der Waals surface area (Å²) in [5.41, 5.74) is 2.88. The van der Waals surface area contributed by atoms with Gasteiger partial charge in [0, 0.05) is 21.9 Å². The summed E-state index contributed by atoms with van der Waals surface area (Å²) < 4.78 is 12.8. The van der Waals surface area contributed by atoms with Gasteiger partial charge in [-0.25, -0.2) is 9.59 Å². The first-order valence-electron chi connectivity index (χ1n) is 7.67. The van der Waals surface area contributed by atoms with Crippen molar-refractivity contribution < 1.29 is 19.1 Å². The highest BCUT2D eigenvalue weighted by Crippen LogP contribution is 2.39. The second-order valence-electron chi connectivity index (χ2n) is 5.23. The van der Waals surface area contributed by atoms with Gasteiger partial charge in [0.05, 0.1) is 24.5 Å². The van der Waals surface area contributed by atoms with Crippen LogP contribution in [0.5, 0.6) is 0 Å². The molecule has 1 aromatic heterocycles. The third kappa shape index (κ3) is 2.91. The first kappa shape index (κ1) is 16.6. The molecule has 1 aliphatic rings. The van der Waals surface area contributed by atoms with Gasteiger partial charge < -0.3 is 19.4 Å². The fourth-order valence-electron chi connectivity index (χ4n) is 2.71. The van der Waals surface area contributed by atoms with Crippen LogP contribution in [0.3, 0.4) is 0 Å². The lowest BCUT2D eigenvalue weighted by Crippen LogP contribution is -2.31. The molecular weight excluding hydrogens is 376 g/mol. The molecule has 24 heavy (non-hydrogen) atoms. The number of fused-ring (bicyclic) bond motifs is 3. The van der Waals surface area contributed by atoms with Crippen LogP contribution in [-0.2, 0) is 14.3 Å². The van der Waals surface area contributed by atoms with Crippen LogP contribution in [0.25, 0.3) is 11.3 Å². The summed E-state index contributed by atoms with van der Waals surface area (Å²) in [6.07, 6.45) is 1.16. The Labute approximate surface area is 147 Å². The monoisotopic (exact) mass is 392 g/mol. The Balaban J connectivity index is 2.05. The summed E-state index contributed by atoms with van der Waals surface area (Å²) >= 11 is 3.44. The van der Waals surface area contributed by atoms with Gasteiger partial charge in [-0.05, 0) is 54.0 Å². The number of nitrogens with zero attached hydrogens (tertiary/aromatic N) is 1. The predicted octanol–water partition coefficient (Wildman–Crippen LogP) is 3.58. The van der Waals surface area contributed by atoms with Crippen LogP contribution < -0.4 is 5.32 Å². The molecule has 0 radical (unpaired) electrons. The number of carbonyl (C=O) groups excluding carboxylic acids is 2. The van der Waals surface area contributed by atoms with E-state index in [1.54, 1.807) is 36.6 Å². The Hall–Kier alpha value is -2.28. The molecule has 1 aromatic carbocycles. The van der Waals surface area contributed by atoms with Crippen molar-refractivity contribution in [3.63, 3.8) is 0 Å². The van der Waals surface area contributed by atoms with Crippen LogP contribution in [0.2, 0.25) is 0 Å². The van der Waals surface area contributed by atoms with Gasteiger partial charge in [0.2, 0.25) is 6.17 Å². The zero-order valence-corrected chi connectivity index (χ0v) is 14.9. The van der Waals surface area contributed by atoms with Crippen LogP contribution in [0, 0.1) is 0 Å². The molecule has 0 bridgehead atoms. The lowest BCUT2D eigenvalue weighted by atomic mass is 10.0. The lowest BCUT2D eigenvalue weighted by Gasteiger charge is -2.28. The SMILES string of the molecule is CCOC(=O)c1ccc2c(c1)-c1cc(Br)cn1C(C(=O)OCC)N2. The second kappa shape index (κ2) is 6.68. The average Bonchev–Trinajstić information content (AvgIpc) is 2.95. The molecule has 0 spiro atoms. The molecule has 0 amide bonds. The van der Waals surface area contributed by atoms with Gasteiger partial charge in [0.15, 0.2) is 0 Å². The quantitative estimate of drug-likeness (QED) is 0.805. The van der Waals surface area contributed by atoms with Gasteiger partial charge in [0.25, 0.3) is 0 Å². The van der Waals surface area contributed by atoms with Crippen LogP contribution >= 0.6 is 15.9 Å². The minimum Gasteiger partial charge on any atom is -0.463 e. The first-order valence-corrected chi connectivity index (χ1v) is 8.46. The zero-order valence-electron chi connectivity index (χ0n) is 13.3. The van der Waals surface area contributed by atoms with E-state index in [-0.39, 0.29) is 11.9 Å². The van der Waals surface area contributed by atoms with Crippen molar-refractivity contribution in [1.29, 1.82) is 0 Å². The van der Waals surface area contributed by atoms with Crippen molar-refractivity contribution in [2.75, 3.05) is 18.5 Å². The molecular formula is C17H17BrN2O4. The second-order valence-corrected chi connectivity index (χ2v) is 6.15. The molecule has 6 nitrogen and oxygen atoms in total. The van der Waals surface area contributed by atoms with Gasteiger partial charge in [0.1, 0.15) is 0 Å². The average molecular weight is 393 g/mol. The number of esters is 2. The summed E-state index contributed by atoms with van der Waals surface area (Å²) in [6, 6.07) is 7.12. The minimum atomic E-state index is -0.646. The maximum absolute atomic E-state index is 12.2. The number of rotatable bonds is 4. The van der Waals surface area contributed by atoms with E-state index in [1.165, 1.54) is 0 Å². The van der Waals surface area contributed by atoms with Crippen molar-refractivity contribution >= 4 is 33.6 Å². The van der Waals surface area contributed by atoms with Crippen molar-refractivity contribution in [1.82, 2.24) is 4.57 Å². The number of ether oxygens (including phenoxy) is 2. The van der Waals surface area contributed by atoms with E-state index < -0.39 is 6.17 Å². The number of halogens is 1. The van der Waals surface area contributed by atoms with E-state index in [1.807, 2.05) is 12.3 Å². The van der Waals surface area contributed by atoms with Crippen molar-refractivity contribution in [2.45, 2.75) is 20.0 Å². The largest absolute Gasteiger partial charge is 0.463 e. The van der Waals surface area contributed by atoms with E-state index in [2.05, 4.69) is 21.2 Å². The van der Waals surface area contributed by atoms with Crippen molar-refractivity contribution in [2.24, 2.45) is 0 Å². The summed E-state index contributed by atoms with van der Waals surface area (Å²) in [5, 5.41) is 3.16. The maximum Gasteiger partial charge on any atom is 0.350 e. The molecule has 1 unspecified atom stereocenters. The summed E-state index contributed by atoms with van der Waals surface area (Å²) in [4.78, 5) is 24.2. The molecule has 0 saturated carbocycles. The van der Waals surface area contributed by atoms with E-state index in [9.17, 15) is 9.59 Å². The summed E-state index contributed by atoms with van der Waals surface area (Å²) in [6.45, 7) is 4.17. The fraction of sp³-hybridized carbons (Fsp3) is 0.294. The van der Waals surface area contributed by atoms with E-state index in [4.69, 9.17) is 9.47 Å². The van der Waals surface area contributed by atoms with Crippen LogP contribution in [0.4, 0.5) is 5.69 Å². The highest BCUT2D eigenvalue weighted by atomic mass is 79.9. The zero-order chi connectivity index (χ0) is 17.3. The molecule has 0 fully saturated rings. The highest BCUT2D eigenvalue weighted by Gasteiger charge is 2.30. The molecule has 2 heterocycles. The number of carbonyl (C=O) groups is 2. The van der Waals surface area contributed by atoms with Gasteiger partial charge in [-0.3, -0.25) is 0 Å². The normalized spacial score (nSPS) is 15.0. The molecule has 0 aliphatic carbocycles. The summed E-state index contributed by atoms with van der Waals surface area (Å²) in [5.74, 6) is -0.730. The van der Waals surface area contributed by atoms with Gasteiger partial charge >= 0.3 is 11.9 Å². The van der Waals surface area contributed by atoms with E-state index in [0.717, 1.165) is 21.4 Å². The fourth-order valence-corrected chi connectivity index (χ4v) is 3.15. The van der Waals surface area contributed by atoms with Gasteiger partial charge in [-0.2, -0.15) is 0 Å². The maximum atomic E-state index is 12.2. The third-order valence-electron chi connectivity index (χ3n) is 3.70. The lowest BCUT2D eigenvalue weighted by molar-refractivity contribution is -0.146. The highest BCUT2D eigenvalue weighted by molar-refractivity contribution is 9.10. The third-order valence-corrected chi connectivity index (χ3v) is 4.14. The Bertz CT molecular complexity index is 800. The number of nitrogens with one attached hydrogen (secondary N) is 1. The van der Waals surface area contributed by atoms with E-state index >= 15 is 0 Å². The topological polar surface area (TPSA) is 69.6 Å². The smallest absolute Gasteiger partial charge is 0.350 e. The molecule has 7 heteroatoms. The first-order chi connectivity index (χ1) is 11.5. The van der Waals surface area contributed by atoms with Crippen LogP contribution in [0.1, 0.15) is 30.4 Å². The van der Waals surface area contributed by atoms with Gasteiger partial charge in [-0.1, -0.05) is 0 Å². The molecule has 1 aliphatic heterocycles. The Morgan fingerprint density at radius 2 is 1.96 bits per heavy atom. The number of hydrogen-bond acceptors (Lipinski definition) is 5. The minimum absolute atomic E-state index is 0.309. The Kier molecular flexibility index (Phi) is 4.62. The predicted molar refractivity (Wildman–Crippen MR) is 92.8 cm³/mol. The number of hydrogen-bond donors (Lipinski definition) is 1. The molecule has 1 N–H and O–H groups in total. The number of aromatic nitrogens is 1. The standard InChI is InChI=1S/C17H17BrN2O4/c1-3-23-16(21)10-5-6-13-12(7-10)14-8-11(18)9-20(14)15(19-13)17(22)24-4-2/h5-9,15,19H,3-4H2,1-2H3. The van der Waals surface area contributed by atoms with E-state index in [0.29, 0.717) is 18.8 Å². The molecule has 126 valence electrons. The molecule has 0 saturated heterocycles. The van der Waals surface area contributed by atoms with Crippen molar-refractivity contribution in [3.8, 4) is 11.3 Å². The Morgan fingerprint density at radius 1 is 1.21 bits per heavy atom.